The van der Waals surface area contributed by atoms with Crippen LogP contribution in [0.3, 0.4) is 0 Å². The molecule has 0 aliphatic rings. The van der Waals surface area contributed by atoms with Crippen molar-refractivity contribution in [3.05, 3.63) is 89.8 Å². The predicted octanol–water partition coefficient (Wildman–Crippen LogP) is 2.12. The fourth-order valence-corrected chi connectivity index (χ4v) is 2.64. The van der Waals surface area contributed by atoms with Crippen molar-refractivity contribution >= 4 is 11.8 Å². The molecule has 3 aromatic rings. The summed E-state index contributed by atoms with van der Waals surface area (Å²) in [5, 5.41) is 2.81. The topological polar surface area (TPSA) is 88.1 Å². The van der Waals surface area contributed by atoms with Crippen LogP contribution in [-0.4, -0.2) is 45.3 Å². The molecule has 2 amide bonds. The highest BCUT2D eigenvalue weighted by molar-refractivity contribution is 5.99. The van der Waals surface area contributed by atoms with E-state index in [1.807, 2.05) is 24.3 Å². The molecule has 0 aliphatic heterocycles. The molecule has 3 aromatic heterocycles. The van der Waals surface area contributed by atoms with E-state index in [2.05, 4.69) is 20.3 Å². The number of carbonyl (C=O) groups is 2. The number of hydrogen-bond donors (Lipinski definition) is 1. The van der Waals surface area contributed by atoms with Crippen molar-refractivity contribution in [3.63, 3.8) is 0 Å². The van der Waals surface area contributed by atoms with Crippen molar-refractivity contribution in [1.29, 1.82) is 0 Å². The molecule has 0 unspecified atom stereocenters. The third-order valence-electron chi connectivity index (χ3n) is 4.26. The number of likely N-dealkylation sites (N-methyl/N-ethyl adjacent to an activating group) is 1. The number of pyridine rings is 3. The molecule has 3 rings (SSSR count). The Morgan fingerprint density at radius 2 is 1.71 bits per heavy atom. The number of carbonyl (C=O) groups excluding carboxylic acids is 2. The lowest BCUT2D eigenvalue weighted by Crippen LogP contribution is -2.29. The van der Waals surface area contributed by atoms with Crippen LogP contribution in [0.4, 0.5) is 0 Å². The molecular formula is C21H21N5O2. The molecule has 0 bridgehead atoms. The van der Waals surface area contributed by atoms with Gasteiger partial charge in [-0.3, -0.25) is 24.5 Å². The third-order valence-corrected chi connectivity index (χ3v) is 4.26. The number of aromatic nitrogens is 3. The van der Waals surface area contributed by atoms with E-state index < -0.39 is 0 Å². The first kappa shape index (κ1) is 19.2. The minimum Gasteiger partial charge on any atom is -0.348 e. The summed E-state index contributed by atoms with van der Waals surface area (Å²) < 4.78 is 0. The quantitative estimate of drug-likeness (QED) is 0.683. The molecule has 142 valence electrons. The zero-order valence-electron chi connectivity index (χ0n) is 15.6. The Kier molecular flexibility index (Phi) is 6.41. The van der Waals surface area contributed by atoms with Gasteiger partial charge in [0, 0.05) is 57.3 Å². The molecule has 0 radical (unpaired) electrons. The summed E-state index contributed by atoms with van der Waals surface area (Å²) in [7, 11) is 1.73. The van der Waals surface area contributed by atoms with E-state index in [9.17, 15) is 9.59 Å². The second-order valence-electron chi connectivity index (χ2n) is 6.34. The standard InChI is InChI=1S/C21H21N5O2/c1-26(10-6-16-4-8-22-9-5-16)21(28)19-11-18(14-24-15-19)20(27)25-13-17-3-2-7-23-12-17/h2-5,7-9,11-12,14-15H,6,10,13H2,1H3,(H,25,27). The van der Waals surface area contributed by atoms with Crippen molar-refractivity contribution in [2.45, 2.75) is 13.0 Å². The normalized spacial score (nSPS) is 10.3. The van der Waals surface area contributed by atoms with E-state index in [0.29, 0.717) is 24.2 Å². The minimum atomic E-state index is -0.287. The Balaban J connectivity index is 1.59. The molecule has 7 nitrogen and oxygen atoms in total. The first-order chi connectivity index (χ1) is 13.6. The van der Waals surface area contributed by atoms with Gasteiger partial charge < -0.3 is 10.2 Å². The summed E-state index contributed by atoms with van der Waals surface area (Å²) in [4.78, 5) is 38.7. The van der Waals surface area contributed by atoms with Gasteiger partial charge in [-0.05, 0) is 41.8 Å². The van der Waals surface area contributed by atoms with Crippen LogP contribution in [0.5, 0.6) is 0 Å². The van der Waals surface area contributed by atoms with Gasteiger partial charge in [-0.15, -0.1) is 0 Å². The summed E-state index contributed by atoms with van der Waals surface area (Å²) >= 11 is 0. The highest BCUT2D eigenvalue weighted by atomic mass is 16.2. The van der Waals surface area contributed by atoms with E-state index in [0.717, 1.165) is 17.5 Å². The Bertz CT molecular complexity index is 932. The zero-order chi connectivity index (χ0) is 19.8. The van der Waals surface area contributed by atoms with Gasteiger partial charge >= 0.3 is 0 Å². The Morgan fingerprint density at radius 3 is 2.46 bits per heavy atom. The van der Waals surface area contributed by atoms with E-state index in [-0.39, 0.29) is 11.8 Å². The average Bonchev–Trinajstić information content (AvgIpc) is 2.76. The fraction of sp³-hybridized carbons (Fsp3) is 0.190. The van der Waals surface area contributed by atoms with Crippen molar-refractivity contribution in [3.8, 4) is 0 Å². The molecule has 0 saturated carbocycles. The SMILES string of the molecule is CN(CCc1ccncc1)C(=O)c1cncc(C(=O)NCc2cccnc2)c1. The van der Waals surface area contributed by atoms with Gasteiger partial charge in [-0.1, -0.05) is 6.07 Å². The fourth-order valence-electron chi connectivity index (χ4n) is 2.64. The maximum absolute atomic E-state index is 12.7. The molecule has 7 heteroatoms. The number of hydrogen-bond acceptors (Lipinski definition) is 5. The lowest BCUT2D eigenvalue weighted by molar-refractivity contribution is 0.0796. The molecular weight excluding hydrogens is 354 g/mol. The summed E-state index contributed by atoms with van der Waals surface area (Å²) in [5.74, 6) is -0.464. The van der Waals surface area contributed by atoms with Gasteiger partial charge in [0.15, 0.2) is 0 Å². The number of rotatable bonds is 7. The minimum absolute atomic E-state index is 0.177. The summed E-state index contributed by atoms with van der Waals surface area (Å²) in [6, 6.07) is 9.10. The van der Waals surface area contributed by atoms with Crippen LogP contribution in [0, 0.1) is 0 Å². The van der Waals surface area contributed by atoms with Crippen LogP contribution in [0.25, 0.3) is 0 Å². The van der Waals surface area contributed by atoms with Crippen LogP contribution in [0.1, 0.15) is 31.8 Å². The first-order valence-electron chi connectivity index (χ1n) is 8.90. The van der Waals surface area contributed by atoms with Crippen LogP contribution in [-0.2, 0) is 13.0 Å². The molecule has 0 spiro atoms. The van der Waals surface area contributed by atoms with Crippen molar-refractivity contribution in [2.75, 3.05) is 13.6 Å². The van der Waals surface area contributed by atoms with Crippen LogP contribution < -0.4 is 5.32 Å². The van der Waals surface area contributed by atoms with Crippen LogP contribution in [0.2, 0.25) is 0 Å². The zero-order valence-corrected chi connectivity index (χ0v) is 15.6. The van der Waals surface area contributed by atoms with E-state index in [1.165, 1.54) is 12.4 Å². The smallest absolute Gasteiger partial charge is 0.255 e. The number of nitrogens with one attached hydrogen (secondary N) is 1. The highest BCUT2D eigenvalue weighted by Crippen LogP contribution is 2.08. The molecule has 0 saturated heterocycles. The average molecular weight is 375 g/mol. The lowest BCUT2D eigenvalue weighted by atomic mass is 10.1. The molecule has 3 heterocycles. The molecule has 0 aromatic carbocycles. The van der Waals surface area contributed by atoms with E-state index in [1.54, 1.807) is 42.8 Å². The van der Waals surface area contributed by atoms with E-state index in [4.69, 9.17) is 0 Å². The predicted molar refractivity (Wildman–Crippen MR) is 105 cm³/mol. The molecule has 0 atom stereocenters. The van der Waals surface area contributed by atoms with Gasteiger partial charge in [0.2, 0.25) is 0 Å². The maximum atomic E-state index is 12.7. The van der Waals surface area contributed by atoms with Crippen LogP contribution >= 0.6 is 0 Å². The van der Waals surface area contributed by atoms with Gasteiger partial charge in [0.05, 0.1) is 11.1 Å². The van der Waals surface area contributed by atoms with Gasteiger partial charge in [-0.2, -0.15) is 0 Å². The number of amides is 2. The van der Waals surface area contributed by atoms with Gasteiger partial charge in [0.1, 0.15) is 0 Å². The summed E-state index contributed by atoms with van der Waals surface area (Å²) in [6.45, 7) is 0.914. The van der Waals surface area contributed by atoms with Gasteiger partial charge in [-0.25, -0.2) is 0 Å². The second kappa shape index (κ2) is 9.36. The largest absolute Gasteiger partial charge is 0.348 e. The lowest BCUT2D eigenvalue weighted by Gasteiger charge is -2.17. The molecule has 28 heavy (non-hydrogen) atoms. The molecule has 0 fully saturated rings. The summed E-state index contributed by atoms with van der Waals surface area (Å²) in [5.41, 5.74) is 2.73. The highest BCUT2D eigenvalue weighted by Gasteiger charge is 2.15. The van der Waals surface area contributed by atoms with Crippen molar-refractivity contribution in [2.24, 2.45) is 0 Å². The third kappa shape index (κ3) is 5.20. The number of nitrogens with zero attached hydrogens (tertiary/aromatic N) is 4. The maximum Gasteiger partial charge on any atom is 0.255 e. The van der Waals surface area contributed by atoms with Crippen molar-refractivity contribution < 1.29 is 9.59 Å². The van der Waals surface area contributed by atoms with Crippen LogP contribution in [0.15, 0.2) is 67.5 Å². The monoisotopic (exact) mass is 375 g/mol. The Labute approximate surface area is 163 Å². The Morgan fingerprint density at radius 1 is 0.929 bits per heavy atom. The second-order valence-corrected chi connectivity index (χ2v) is 6.34. The first-order valence-corrected chi connectivity index (χ1v) is 8.90. The Hall–Kier alpha value is -3.61. The van der Waals surface area contributed by atoms with Gasteiger partial charge in [0.25, 0.3) is 11.8 Å². The summed E-state index contributed by atoms with van der Waals surface area (Å²) in [6.07, 6.45) is 10.5. The van der Waals surface area contributed by atoms with Crippen molar-refractivity contribution in [1.82, 2.24) is 25.2 Å². The molecule has 0 aliphatic carbocycles. The molecule has 1 N–H and O–H groups in total. The van der Waals surface area contributed by atoms with E-state index >= 15 is 0 Å².